The Hall–Kier alpha value is -6.00. The van der Waals surface area contributed by atoms with E-state index in [-0.39, 0.29) is 24.4 Å². The Balaban J connectivity index is 1.57. The predicted molar refractivity (Wildman–Crippen MR) is 231 cm³/mol. The summed E-state index contributed by atoms with van der Waals surface area (Å²) in [6, 6.07) is 51.8. The van der Waals surface area contributed by atoms with Crippen molar-refractivity contribution in [3.8, 4) is 23.0 Å². The van der Waals surface area contributed by atoms with Crippen molar-refractivity contribution in [1.82, 2.24) is 0 Å². The second-order valence-electron chi connectivity index (χ2n) is 15.4. The molecule has 7 aromatic rings. The first kappa shape index (κ1) is 38.3. The quantitative estimate of drug-likeness (QED) is 0.0632. The van der Waals surface area contributed by atoms with Gasteiger partial charge in [-0.3, -0.25) is 0 Å². The van der Waals surface area contributed by atoms with Crippen molar-refractivity contribution >= 4 is 21.5 Å². The molecule has 0 spiro atoms. The van der Waals surface area contributed by atoms with Crippen molar-refractivity contribution in [1.29, 1.82) is 0 Å². The standard InChI is InChI=1S/C52H52O4/c1-33(2)53-41-25-17-37(18-26-41)49(38-19-27-42(28-20-38)54-34(3)4)51-47-15-11-9-13-45(47)46-14-10-12-16-48(46)52(51)50(39-21-29-43(30-22-39)55-35(5)6)40-23-31-44(32-24-40)56-36(7)8/h9-36H,1-8H3/q+2. The number of benzene rings is 7. The van der Waals surface area contributed by atoms with Gasteiger partial charge in [-0.15, -0.1) is 0 Å². The molecule has 0 aliphatic rings. The molecule has 0 aliphatic heterocycles. The van der Waals surface area contributed by atoms with Crippen LogP contribution in [-0.2, 0) is 0 Å². The summed E-state index contributed by atoms with van der Waals surface area (Å²) in [5.74, 6) is 5.59. The van der Waals surface area contributed by atoms with E-state index in [4.69, 9.17) is 18.9 Å². The maximum Gasteiger partial charge on any atom is 0.130 e. The average molecular weight is 741 g/mol. The lowest BCUT2D eigenvalue weighted by molar-refractivity contribution is 0.242. The SMILES string of the molecule is CC(C)Oc1ccc([C+](c2ccc(OC(C)C)cc2)c2c([C+](c3ccc(OC(C)C)cc3)c3ccc(OC(C)C)cc3)c3ccccc3c3ccccc23)cc1. The van der Waals surface area contributed by atoms with Gasteiger partial charge in [-0.1, -0.05) is 24.3 Å². The second kappa shape index (κ2) is 16.8. The second-order valence-corrected chi connectivity index (χ2v) is 15.4. The zero-order valence-corrected chi connectivity index (χ0v) is 33.8. The van der Waals surface area contributed by atoms with E-state index in [2.05, 4.69) is 201 Å². The highest BCUT2D eigenvalue weighted by atomic mass is 16.5. The van der Waals surface area contributed by atoms with Crippen molar-refractivity contribution in [2.45, 2.75) is 79.8 Å². The van der Waals surface area contributed by atoms with Gasteiger partial charge in [0.2, 0.25) is 0 Å². The van der Waals surface area contributed by atoms with Crippen LogP contribution >= 0.6 is 0 Å². The molecule has 0 aromatic heterocycles. The van der Waals surface area contributed by atoms with E-state index in [0.717, 1.165) is 68.2 Å². The summed E-state index contributed by atoms with van der Waals surface area (Å²) in [6.45, 7) is 16.4. The summed E-state index contributed by atoms with van der Waals surface area (Å²) in [7, 11) is 0. The summed E-state index contributed by atoms with van der Waals surface area (Å²) < 4.78 is 24.5. The van der Waals surface area contributed by atoms with Gasteiger partial charge in [0.05, 0.1) is 69.3 Å². The van der Waals surface area contributed by atoms with E-state index in [1.54, 1.807) is 0 Å². The molecule has 0 saturated heterocycles. The van der Waals surface area contributed by atoms with Crippen LogP contribution in [0.5, 0.6) is 23.0 Å². The molecule has 0 fully saturated rings. The van der Waals surface area contributed by atoms with Crippen molar-refractivity contribution in [3.63, 3.8) is 0 Å². The fraction of sp³-hybridized carbons (Fsp3) is 0.231. The number of hydrogen-bond donors (Lipinski definition) is 0. The summed E-state index contributed by atoms with van der Waals surface area (Å²) in [5.41, 5.74) is 6.63. The van der Waals surface area contributed by atoms with Gasteiger partial charge in [-0.05, 0) is 128 Å². The fourth-order valence-electron chi connectivity index (χ4n) is 7.46. The van der Waals surface area contributed by atoms with Crippen molar-refractivity contribution in [3.05, 3.63) is 191 Å². The molecule has 56 heavy (non-hydrogen) atoms. The largest absolute Gasteiger partial charge is 0.490 e. The minimum absolute atomic E-state index is 0.0700. The van der Waals surface area contributed by atoms with Crippen LogP contribution in [0.4, 0.5) is 0 Å². The first-order valence-electron chi connectivity index (χ1n) is 19.8. The topological polar surface area (TPSA) is 36.9 Å². The first-order valence-corrected chi connectivity index (χ1v) is 19.8. The lowest BCUT2D eigenvalue weighted by Crippen LogP contribution is -2.15. The van der Waals surface area contributed by atoms with Gasteiger partial charge in [0, 0.05) is 59.3 Å². The van der Waals surface area contributed by atoms with E-state index in [1.165, 1.54) is 21.5 Å². The third-order valence-corrected chi connectivity index (χ3v) is 9.49. The Kier molecular flexibility index (Phi) is 11.5. The monoisotopic (exact) mass is 740 g/mol. The van der Waals surface area contributed by atoms with Crippen LogP contribution in [-0.4, -0.2) is 24.4 Å². The molecule has 0 unspecified atom stereocenters. The normalized spacial score (nSPS) is 11.5. The Morgan fingerprint density at radius 2 is 0.500 bits per heavy atom. The molecule has 4 heteroatoms. The van der Waals surface area contributed by atoms with Gasteiger partial charge in [0.15, 0.2) is 0 Å². The van der Waals surface area contributed by atoms with Crippen LogP contribution in [0, 0.1) is 11.8 Å². The maximum absolute atomic E-state index is 6.14. The Bertz CT molecular complexity index is 2080. The van der Waals surface area contributed by atoms with Gasteiger partial charge in [-0.2, -0.15) is 0 Å². The average Bonchev–Trinajstić information content (AvgIpc) is 3.17. The molecule has 0 atom stereocenters. The van der Waals surface area contributed by atoms with Crippen LogP contribution in [0.15, 0.2) is 146 Å². The van der Waals surface area contributed by atoms with Crippen molar-refractivity contribution in [2.75, 3.05) is 0 Å². The molecule has 7 rings (SSSR count). The lowest BCUT2D eigenvalue weighted by Gasteiger charge is -2.23. The summed E-state index contributed by atoms with van der Waals surface area (Å²) >= 11 is 0. The van der Waals surface area contributed by atoms with Gasteiger partial charge in [0.25, 0.3) is 0 Å². The van der Waals surface area contributed by atoms with Crippen LogP contribution in [0.25, 0.3) is 21.5 Å². The molecular formula is C52H52O4+2. The number of hydrogen-bond acceptors (Lipinski definition) is 4. The Labute approximate surface area is 333 Å². The third kappa shape index (κ3) is 8.45. The highest BCUT2D eigenvalue weighted by molar-refractivity contribution is 6.13. The Morgan fingerprint density at radius 3 is 0.714 bits per heavy atom. The molecule has 0 radical (unpaired) electrons. The van der Waals surface area contributed by atoms with E-state index in [1.807, 2.05) is 0 Å². The van der Waals surface area contributed by atoms with Crippen LogP contribution < -0.4 is 18.9 Å². The molecule has 0 amide bonds. The summed E-state index contributed by atoms with van der Waals surface area (Å²) in [4.78, 5) is 0. The first-order chi connectivity index (χ1) is 27.0. The van der Waals surface area contributed by atoms with E-state index in [9.17, 15) is 0 Å². The van der Waals surface area contributed by atoms with Gasteiger partial charge in [-0.25, -0.2) is 0 Å². The van der Waals surface area contributed by atoms with E-state index < -0.39 is 0 Å². The minimum Gasteiger partial charge on any atom is -0.490 e. The molecular weight excluding hydrogens is 689 g/mol. The number of rotatable bonds is 14. The van der Waals surface area contributed by atoms with Crippen LogP contribution in [0.1, 0.15) is 88.8 Å². The van der Waals surface area contributed by atoms with Crippen molar-refractivity contribution < 1.29 is 18.9 Å². The lowest BCUT2D eigenvalue weighted by atomic mass is 9.72. The molecule has 0 heterocycles. The molecule has 0 bridgehead atoms. The minimum atomic E-state index is 0.0700. The molecule has 0 aliphatic carbocycles. The van der Waals surface area contributed by atoms with Gasteiger partial charge < -0.3 is 18.9 Å². The Morgan fingerprint density at radius 1 is 0.286 bits per heavy atom. The molecule has 282 valence electrons. The van der Waals surface area contributed by atoms with E-state index in [0.29, 0.717) is 0 Å². The third-order valence-electron chi connectivity index (χ3n) is 9.49. The van der Waals surface area contributed by atoms with Crippen LogP contribution in [0.2, 0.25) is 0 Å². The molecule has 7 aromatic carbocycles. The van der Waals surface area contributed by atoms with Gasteiger partial charge in [0.1, 0.15) is 34.1 Å². The van der Waals surface area contributed by atoms with Crippen LogP contribution in [0.3, 0.4) is 0 Å². The predicted octanol–water partition coefficient (Wildman–Crippen LogP) is 13.2. The smallest absolute Gasteiger partial charge is 0.130 e. The highest BCUT2D eigenvalue weighted by Crippen LogP contribution is 2.48. The fourth-order valence-corrected chi connectivity index (χ4v) is 7.46. The summed E-state index contributed by atoms with van der Waals surface area (Å²) in [6.07, 6.45) is 0.280. The van der Waals surface area contributed by atoms with Gasteiger partial charge >= 0.3 is 0 Å². The highest BCUT2D eigenvalue weighted by Gasteiger charge is 2.39. The number of ether oxygens (including phenoxy) is 4. The molecule has 0 saturated carbocycles. The molecule has 4 nitrogen and oxygen atoms in total. The van der Waals surface area contributed by atoms with Crippen molar-refractivity contribution in [2.24, 2.45) is 0 Å². The zero-order chi connectivity index (χ0) is 39.3. The molecule has 0 N–H and O–H groups in total. The maximum atomic E-state index is 6.14. The summed E-state index contributed by atoms with van der Waals surface area (Å²) in [5, 5.41) is 4.72. The number of fused-ring (bicyclic) bond motifs is 3. The van der Waals surface area contributed by atoms with E-state index >= 15 is 0 Å². The zero-order valence-electron chi connectivity index (χ0n) is 33.8.